The number of thiazole rings is 1. The molecule has 1 amide bonds. The van der Waals surface area contributed by atoms with Crippen molar-refractivity contribution in [2.24, 2.45) is 7.05 Å². The Labute approximate surface area is 137 Å². The van der Waals surface area contributed by atoms with Crippen LogP contribution in [0.3, 0.4) is 0 Å². The van der Waals surface area contributed by atoms with Crippen molar-refractivity contribution in [3.05, 3.63) is 59.4 Å². The average Bonchev–Trinajstić information content (AvgIpc) is 3.16. The number of rotatable bonds is 4. The Morgan fingerprint density at radius 3 is 2.74 bits per heavy atom. The highest BCUT2D eigenvalue weighted by Crippen LogP contribution is 2.24. The summed E-state index contributed by atoms with van der Waals surface area (Å²) in [5.41, 5.74) is 2.60. The largest absolute Gasteiger partial charge is 0.346 e. The molecule has 23 heavy (non-hydrogen) atoms. The monoisotopic (exact) mass is 325 g/mol. The Kier molecular flexibility index (Phi) is 4.08. The predicted octanol–water partition coefficient (Wildman–Crippen LogP) is 3.60. The molecule has 2 heterocycles. The van der Waals surface area contributed by atoms with Crippen molar-refractivity contribution in [3.8, 4) is 10.6 Å². The third-order valence-electron chi connectivity index (χ3n) is 3.44. The average molecular weight is 325 g/mol. The summed E-state index contributed by atoms with van der Waals surface area (Å²) in [5.74, 6) is -0.318. The Morgan fingerprint density at radius 2 is 2.09 bits per heavy atom. The van der Waals surface area contributed by atoms with E-state index in [1.165, 1.54) is 6.92 Å². The lowest BCUT2D eigenvalue weighted by molar-refractivity contribution is 0.101. The minimum Gasteiger partial charge on any atom is -0.346 e. The standard InChI is InChI=1S/C17H15N3O2S/c1-11(21)13-9-15(20(2)10-13)16(22)19-14-5-3-4-12(8-14)17-18-6-7-23-17/h3-10H,1-2H3,(H,19,22). The quantitative estimate of drug-likeness (QED) is 0.745. The van der Waals surface area contributed by atoms with Crippen LogP contribution in [0, 0.1) is 0 Å². The lowest BCUT2D eigenvalue weighted by Gasteiger charge is -2.07. The summed E-state index contributed by atoms with van der Waals surface area (Å²) < 4.78 is 1.65. The highest BCUT2D eigenvalue weighted by atomic mass is 32.1. The van der Waals surface area contributed by atoms with Crippen LogP contribution < -0.4 is 5.32 Å². The van der Waals surface area contributed by atoms with Gasteiger partial charge in [-0.25, -0.2) is 4.98 Å². The van der Waals surface area contributed by atoms with Gasteiger partial charge in [0.05, 0.1) is 0 Å². The number of Topliss-reactive ketones (excluding diaryl/α,β-unsaturated/α-hetero) is 1. The first-order valence-corrected chi connectivity index (χ1v) is 7.91. The van der Waals surface area contributed by atoms with Gasteiger partial charge in [-0.15, -0.1) is 11.3 Å². The summed E-state index contributed by atoms with van der Waals surface area (Å²) in [6.07, 6.45) is 3.40. The number of amides is 1. The van der Waals surface area contributed by atoms with Crippen molar-refractivity contribution >= 4 is 28.7 Å². The summed E-state index contributed by atoms with van der Waals surface area (Å²) in [6.45, 7) is 1.48. The maximum Gasteiger partial charge on any atom is 0.272 e. The molecule has 0 fully saturated rings. The summed E-state index contributed by atoms with van der Waals surface area (Å²) in [6, 6.07) is 9.13. The second-order valence-electron chi connectivity index (χ2n) is 5.15. The van der Waals surface area contributed by atoms with Crippen LogP contribution in [0.1, 0.15) is 27.8 Å². The molecule has 0 radical (unpaired) electrons. The molecule has 6 heteroatoms. The third-order valence-corrected chi connectivity index (χ3v) is 4.27. The van der Waals surface area contributed by atoms with Crippen LogP contribution in [0.25, 0.3) is 10.6 Å². The normalized spacial score (nSPS) is 10.5. The first-order chi connectivity index (χ1) is 11.0. The topological polar surface area (TPSA) is 64.0 Å². The SMILES string of the molecule is CC(=O)c1cc(C(=O)Nc2cccc(-c3nccs3)c2)n(C)c1. The summed E-state index contributed by atoms with van der Waals surface area (Å²) >= 11 is 1.54. The van der Waals surface area contributed by atoms with Crippen molar-refractivity contribution < 1.29 is 9.59 Å². The zero-order valence-corrected chi connectivity index (χ0v) is 13.6. The van der Waals surface area contributed by atoms with Crippen LogP contribution in [-0.4, -0.2) is 21.2 Å². The van der Waals surface area contributed by atoms with Crippen LogP contribution in [-0.2, 0) is 7.05 Å². The maximum atomic E-state index is 12.4. The number of hydrogen-bond donors (Lipinski definition) is 1. The molecule has 0 atom stereocenters. The second-order valence-corrected chi connectivity index (χ2v) is 6.05. The summed E-state index contributed by atoms with van der Waals surface area (Å²) in [4.78, 5) is 28.1. The van der Waals surface area contributed by atoms with Gasteiger partial charge >= 0.3 is 0 Å². The lowest BCUT2D eigenvalue weighted by Crippen LogP contribution is -2.15. The molecule has 0 spiro atoms. The fourth-order valence-corrected chi connectivity index (χ4v) is 2.91. The molecule has 116 valence electrons. The van der Waals surface area contributed by atoms with Crippen LogP contribution >= 0.6 is 11.3 Å². The van der Waals surface area contributed by atoms with Crippen molar-refractivity contribution in [2.45, 2.75) is 6.92 Å². The Morgan fingerprint density at radius 1 is 1.26 bits per heavy atom. The fraction of sp³-hybridized carbons (Fsp3) is 0.118. The van der Waals surface area contributed by atoms with Gasteiger partial charge in [0, 0.05) is 41.6 Å². The van der Waals surface area contributed by atoms with E-state index in [1.807, 2.05) is 29.6 Å². The predicted molar refractivity (Wildman–Crippen MR) is 90.9 cm³/mol. The zero-order valence-electron chi connectivity index (χ0n) is 12.7. The van der Waals surface area contributed by atoms with E-state index < -0.39 is 0 Å². The molecule has 1 aromatic carbocycles. The third kappa shape index (κ3) is 3.22. The van der Waals surface area contributed by atoms with E-state index in [0.29, 0.717) is 16.9 Å². The van der Waals surface area contributed by atoms with E-state index in [1.54, 1.807) is 41.4 Å². The highest BCUT2D eigenvalue weighted by Gasteiger charge is 2.14. The number of nitrogens with one attached hydrogen (secondary N) is 1. The maximum absolute atomic E-state index is 12.4. The van der Waals surface area contributed by atoms with Crippen molar-refractivity contribution in [2.75, 3.05) is 5.32 Å². The number of hydrogen-bond acceptors (Lipinski definition) is 4. The number of carbonyl (C=O) groups excluding carboxylic acids is 2. The van der Waals surface area contributed by atoms with Crippen molar-refractivity contribution in [3.63, 3.8) is 0 Å². The molecule has 1 N–H and O–H groups in total. The lowest BCUT2D eigenvalue weighted by atomic mass is 10.2. The molecule has 0 bridgehead atoms. The molecule has 5 nitrogen and oxygen atoms in total. The van der Waals surface area contributed by atoms with E-state index in [0.717, 1.165) is 10.6 Å². The van der Waals surface area contributed by atoms with Crippen molar-refractivity contribution in [1.29, 1.82) is 0 Å². The number of anilines is 1. The summed E-state index contributed by atoms with van der Waals surface area (Å²) in [5, 5.41) is 5.67. The first-order valence-electron chi connectivity index (χ1n) is 7.03. The van der Waals surface area contributed by atoms with Gasteiger partial charge < -0.3 is 9.88 Å². The number of benzene rings is 1. The molecule has 3 rings (SSSR count). The van der Waals surface area contributed by atoms with Crippen LogP contribution in [0.5, 0.6) is 0 Å². The molecule has 0 aliphatic carbocycles. The Balaban J connectivity index is 1.83. The van der Waals surface area contributed by atoms with Gasteiger partial charge in [-0.2, -0.15) is 0 Å². The minimum atomic E-state index is -0.253. The van der Waals surface area contributed by atoms with Gasteiger partial charge in [0.2, 0.25) is 0 Å². The molecule has 0 aliphatic heterocycles. The smallest absolute Gasteiger partial charge is 0.272 e. The van der Waals surface area contributed by atoms with E-state index in [2.05, 4.69) is 10.3 Å². The minimum absolute atomic E-state index is 0.0644. The van der Waals surface area contributed by atoms with Crippen molar-refractivity contribution in [1.82, 2.24) is 9.55 Å². The molecular formula is C17H15N3O2S. The van der Waals surface area contributed by atoms with Gasteiger partial charge in [0.1, 0.15) is 10.7 Å². The zero-order chi connectivity index (χ0) is 16.4. The second kappa shape index (κ2) is 6.18. The van der Waals surface area contributed by atoms with Crippen LogP contribution in [0.15, 0.2) is 48.1 Å². The van der Waals surface area contributed by atoms with E-state index in [4.69, 9.17) is 0 Å². The Bertz CT molecular complexity index is 866. The van der Waals surface area contributed by atoms with Gasteiger partial charge in [0.15, 0.2) is 5.78 Å². The molecular weight excluding hydrogens is 310 g/mol. The van der Waals surface area contributed by atoms with Gasteiger partial charge in [-0.3, -0.25) is 9.59 Å². The van der Waals surface area contributed by atoms with Gasteiger partial charge in [-0.05, 0) is 25.1 Å². The van der Waals surface area contributed by atoms with E-state index >= 15 is 0 Å². The first kappa shape index (κ1) is 15.2. The number of aromatic nitrogens is 2. The fourth-order valence-electron chi connectivity index (χ4n) is 2.27. The van der Waals surface area contributed by atoms with E-state index in [-0.39, 0.29) is 11.7 Å². The molecule has 0 aliphatic rings. The number of aryl methyl sites for hydroxylation is 1. The van der Waals surface area contributed by atoms with Crippen LogP contribution in [0.4, 0.5) is 5.69 Å². The van der Waals surface area contributed by atoms with Crippen LogP contribution in [0.2, 0.25) is 0 Å². The van der Waals surface area contributed by atoms with Gasteiger partial charge in [-0.1, -0.05) is 12.1 Å². The molecule has 3 aromatic rings. The number of nitrogens with zero attached hydrogens (tertiary/aromatic N) is 2. The molecule has 0 unspecified atom stereocenters. The van der Waals surface area contributed by atoms with Gasteiger partial charge in [0.25, 0.3) is 5.91 Å². The highest BCUT2D eigenvalue weighted by molar-refractivity contribution is 7.13. The number of carbonyl (C=O) groups is 2. The Hall–Kier alpha value is -2.73. The molecule has 0 saturated heterocycles. The number of ketones is 1. The summed E-state index contributed by atoms with van der Waals surface area (Å²) in [7, 11) is 1.74. The molecule has 2 aromatic heterocycles. The molecule has 0 saturated carbocycles. The van der Waals surface area contributed by atoms with E-state index in [9.17, 15) is 9.59 Å².